The zero-order valence-electron chi connectivity index (χ0n) is 34.1. The van der Waals surface area contributed by atoms with Crippen LogP contribution in [-0.2, 0) is 16.1 Å². The number of nitrogens with one attached hydrogen (secondary N) is 2. The van der Waals surface area contributed by atoms with E-state index in [1.54, 1.807) is 17.0 Å². The van der Waals surface area contributed by atoms with Crippen LogP contribution in [0.1, 0.15) is 81.6 Å². The van der Waals surface area contributed by atoms with Crippen molar-refractivity contribution in [2.24, 2.45) is 11.3 Å². The molecule has 58 heavy (non-hydrogen) atoms. The second-order valence-electron chi connectivity index (χ2n) is 18.4. The Morgan fingerprint density at radius 1 is 1.00 bits per heavy atom. The number of nitrogens with zero attached hydrogens (tertiary/aromatic N) is 7. The van der Waals surface area contributed by atoms with Crippen molar-refractivity contribution in [2.75, 3.05) is 68.0 Å². The van der Waals surface area contributed by atoms with E-state index >= 15 is 0 Å². The molecule has 0 radical (unpaired) electrons. The summed E-state index contributed by atoms with van der Waals surface area (Å²) >= 11 is 0. The van der Waals surface area contributed by atoms with Crippen molar-refractivity contribution in [1.82, 2.24) is 30.2 Å². The third kappa shape index (κ3) is 6.75. The number of piperidine rings is 3. The highest BCUT2D eigenvalue weighted by Crippen LogP contribution is 2.47. The smallest absolute Gasteiger partial charge is 0.255 e. The summed E-state index contributed by atoms with van der Waals surface area (Å²) in [6.45, 7) is 14.3. The maximum atomic E-state index is 14.3. The first-order chi connectivity index (χ1) is 27.8. The number of aromatic nitrogens is 2. The number of hydrogen-bond acceptors (Lipinski definition) is 11. The fourth-order valence-corrected chi connectivity index (χ4v) is 11.2. The largest absolute Gasteiger partial charge is 0.504 e. The van der Waals surface area contributed by atoms with Gasteiger partial charge in [-0.2, -0.15) is 0 Å². The molecule has 3 aromatic rings. The minimum Gasteiger partial charge on any atom is -0.504 e. The molecule has 4 atom stereocenters. The number of phenols is 1. The third-order valence-electron chi connectivity index (χ3n) is 14.5. The van der Waals surface area contributed by atoms with Gasteiger partial charge in [0.25, 0.3) is 5.91 Å². The van der Waals surface area contributed by atoms with Crippen molar-refractivity contribution in [3.8, 4) is 17.0 Å². The van der Waals surface area contributed by atoms with E-state index in [1.807, 2.05) is 18.2 Å². The van der Waals surface area contributed by atoms with Crippen molar-refractivity contribution in [3.05, 3.63) is 59.4 Å². The van der Waals surface area contributed by atoms with Crippen molar-refractivity contribution >= 4 is 34.9 Å². The molecule has 0 unspecified atom stereocenters. The number of anilines is 3. The lowest BCUT2D eigenvalue weighted by atomic mass is 9.77. The number of halogens is 1. The molecule has 0 aliphatic carbocycles. The molecule has 9 rings (SSSR count). The summed E-state index contributed by atoms with van der Waals surface area (Å²) in [4.78, 5) is 49.5. The zero-order valence-corrected chi connectivity index (χ0v) is 34.1. The first-order valence-electron chi connectivity index (χ1n) is 21.2. The van der Waals surface area contributed by atoms with Gasteiger partial charge in [-0.1, -0.05) is 32.9 Å². The monoisotopic (exact) mass is 793 g/mol. The number of hydrogen-bond donors (Lipinski definition) is 3. The van der Waals surface area contributed by atoms with Gasteiger partial charge < -0.3 is 30.0 Å². The number of aromatic hydroxyl groups is 1. The van der Waals surface area contributed by atoms with Gasteiger partial charge in [-0.3, -0.25) is 24.6 Å². The minimum atomic E-state index is -0.672. The first-order valence-corrected chi connectivity index (χ1v) is 21.2. The predicted octanol–water partition coefficient (Wildman–Crippen LogP) is 4.85. The highest BCUT2D eigenvalue weighted by molar-refractivity contribution is 6.05. The van der Waals surface area contributed by atoms with Gasteiger partial charge in [-0.25, -0.2) is 4.39 Å². The zero-order chi connectivity index (χ0) is 40.5. The van der Waals surface area contributed by atoms with Crippen molar-refractivity contribution in [3.63, 3.8) is 0 Å². The lowest BCUT2D eigenvalue weighted by Gasteiger charge is -2.50. The van der Waals surface area contributed by atoms with Crippen LogP contribution in [-0.4, -0.2) is 124 Å². The Balaban J connectivity index is 0.804. The van der Waals surface area contributed by atoms with Gasteiger partial charge in [-0.15, -0.1) is 10.2 Å². The number of likely N-dealkylation sites (tertiary alicyclic amines) is 1. The highest BCUT2D eigenvalue weighted by Gasteiger charge is 2.51. The van der Waals surface area contributed by atoms with Crippen molar-refractivity contribution in [1.29, 1.82) is 0 Å². The van der Waals surface area contributed by atoms with Crippen LogP contribution in [0, 0.1) is 17.2 Å². The molecule has 14 heteroatoms. The topological polar surface area (TPSA) is 137 Å². The molecule has 0 spiro atoms. The van der Waals surface area contributed by atoms with Crippen LogP contribution in [0.5, 0.6) is 5.75 Å². The number of carbonyl (C=O) groups excluding carboxylic acids is 3. The summed E-state index contributed by atoms with van der Waals surface area (Å²) in [5.41, 5.74) is 4.44. The minimum absolute atomic E-state index is 0.0820. The van der Waals surface area contributed by atoms with Gasteiger partial charge in [0.1, 0.15) is 6.04 Å². The van der Waals surface area contributed by atoms with Gasteiger partial charge in [-0.05, 0) is 99.3 Å². The molecule has 6 aliphatic heterocycles. The molecule has 0 bridgehead atoms. The van der Waals surface area contributed by atoms with Gasteiger partial charge in [0.05, 0.1) is 16.9 Å². The van der Waals surface area contributed by atoms with E-state index in [-0.39, 0.29) is 35.1 Å². The van der Waals surface area contributed by atoms with Crippen molar-refractivity contribution < 1.29 is 23.9 Å². The lowest BCUT2D eigenvalue weighted by molar-refractivity contribution is -0.136. The molecule has 4 saturated heterocycles. The summed E-state index contributed by atoms with van der Waals surface area (Å²) in [5, 5.41) is 25.3. The Hall–Kier alpha value is -4.82. The second kappa shape index (κ2) is 14.8. The summed E-state index contributed by atoms with van der Waals surface area (Å²) in [6.07, 6.45) is 5.94. The van der Waals surface area contributed by atoms with Crippen molar-refractivity contribution in [2.45, 2.75) is 95.9 Å². The van der Waals surface area contributed by atoms with Crippen LogP contribution in [0.4, 0.5) is 21.6 Å². The quantitative estimate of drug-likeness (QED) is 0.270. The lowest BCUT2D eigenvalue weighted by Crippen LogP contribution is -2.58. The molecule has 2 aromatic carbocycles. The number of benzene rings is 2. The average Bonchev–Trinajstić information content (AvgIpc) is 3.77. The van der Waals surface area contributed by atoms with E-state index in [9.17, 15) is 23.9 Å². The fraction of sp³-hybridized carbons (Fsp3) is 0.568. The second-order valence-corrected chi connectivity index (χ2v) is 18.4. The van der Waals surface area contributed by atoms with E-state index in [1.165, 1.54) is 6.07 Å². The Labute approximate surface area is 339 Å². The number of amides is 3. The van der Waals surface area contributed by atoms with E-state index in [0.717, 1.165) is 101 Å². The van der Waals surface area contributed by atoms with Crippen LogP contribution >= 0.6 is 0 Å². The normalized spacial score (nSPS) is 27.4. The molecule has 7 heterocycles. The molecule has 3 N–H and O–H groups in total. The van der Waals surface area contributed by atoms with Crippen LogP contribution in [0.3, 0.4) is 0 Å². The Bertz CT molecular complexity index is 2120. The standard InChI is InChI=1S/C44H56FN9O4/c1-5-44-21-30(24-54(44)36-20-34(48-49-40(36)46-25-44)31-7-6-8-33(45)39(31)56)50(4)37-15-16-51(26-43(37,2)3)22-27-13-17-52(18-14-27)29-10-9-28-23-53(42(58)32(28)19-29)35-11-12-38(55)47-41(35)57/h6-10,19-20,27,30,35,37,56H,5,11-18,21-26H2,1-4H3,(H,46,49)(H,47,55,57)/t30-,35+,37+,44-/m1/s1. The summed E-state index contributed by atoms with van der Waals surface area (Å²) in [6, 6.07) is 12.8. The number of carbonyl (C=O) groups is 3. The Morgan fingerprint density at radius 3 is 2.57 bits per heavy atom. The van der Waals surface area contributed by atoms with Crippen LogP contribution in [0.25, 0.3) is 11.3 Å². The molecular formula is C44H56FN9O4. The fourth-order valence-electron chi connectivity index (χ4n) is 11.2. The average molecular weight is 794 g/mol. The first kappa shape index (κ1) is 38.7. The number of fused-ring (bicyclic) bond motifs is 4. The van der Waals surface area contributed by atoms with E-state index in [2.05, 4.69) is 74.3 Å². The van der Waals surface area contributed by atoms with E-state index < -0.39 is 17.6 Å². The number of likely N-dealkylation sites (N-methyl/N-ethyl adjacent to an activating group) is 1. The van der Waals surface area contributed by atoms with E-state index in [0.29, 0.717) is 47.8 Å². The molecule has 4 fully saturated rings. The predicted molar refractivity (Wildman–Crippen MR) is 220 cm³/mol. The molecular weight excluding hydrogens is 738 g/mol. The molecule has 13 nitrogen and oxygen atoms in total. The molecule has 1 aromatic heterocycles. The maximum absolute atomic E-state index is 14.3. The van der Waals surface area contributed by atoms with Gasteiger partial charge in [0.15, 0.2) is 17.4 Å². The van der Waals surface area contributed by atoms with Gasteiger partial charge >= 0.3 is 0 Å². The molecule has 0 saturated carbocycles. The number of para-hydroxylation sites is 1. The van der Waals surface area contributed by atoms with Gasteiger partial charge in [0.2, 0.25) is 11.8 Å². The molecule has 308 valence electrons. The summed E-state index contributed by atoms with van der Waals surface area (Å²) in [7, 11) is 2.32. The highest BCUT2D eigenvalue weighted by atomic mass is 19.1. The third-order valence-corrected chi connectivity index (χ3v) is 14.5. The SMILES string of the molecule is CC[C@@]12CNc3nnc(-c4cccc(F)c4O)cc3N1C[C@H](N(C)[C@H]1CCN(CC3CCN(c4ccc5c(c4)C(=O)N([C@H]4CCC(=O)NC4=O)C5)CC3)CC1(C)C)C2. The maximum Gasteiger partial charge on any atom is 0.255 e. The molecule has 6 aliphatic rings. The summed E-state index contributed by atoms with van der Waals surface area (Å²) < 4.78 is 14.3. The molecule has 3 amide bonds. The van der Waals surface area contributed by atoms with Crippen LogP contribution < -0.4 is 20.4 Å². The number of rotatable bonds is 8. The Morgan fingerprint density at radius 2 is 1.81 bits per heavy atom. The van der Waals surface area contributed by atoms with Gasteiger partial charge in [0, 0.05) is 81.1 Å². The van der Waals surface area contributed by atoms with Crippen LogP contribution in [0.2, 0.25) is 0 Å². The van der Waals surface area contributed by atoms with E-state index in [4.69, 9.17) is 0 Å². The number of imide groups is 1. The summed E-state index contributed by atoms with van der Waals surface area (Å²) in [5.74, 6) is -0.508. The number of phenolic OH excluding ortho intramolecular Hbond substituents is 1. The Kier molecular flexibility index (Phi) is 9.85. The van der Waals surface area contributed by atoms with Crippen LogP contribution in [0.15, 0.2) is 42.5 Å².